The van der Waals surface area contributed by atoms with Gasteiger partial charge in [-0.2, -0.15) is 8.42 Å². The Morgan fingerprint density at radius 3 is 1.88 bits per heavy atom. The molecule has 4 heteroatoms. The van der Waals surface area contributed by atoms with Gasteiger partial charge in [-0.3, -0.25) is 4.55 Å². The minimum atomic E-state index is -3.82. The molecule has 98 valence electrons. The second-order valence-corrected chi connectivity index (χ2v) is 6.15. The zero-order chi connectivity index (χ0) is 12.4. The topological polar surface area (TPSA) is 54.4 Å². The summed E-state index contributed by atoms with van der Waals surface area (Å²) < 4.78 is 30.8. The van der Waals surface area contributed by atoms with Crippen LogP contribution in [0.2, 0.25) is 0 Å². The van der Waals surface area contributed by atoms with Crippen molar-refractivity contribution in [3.63, 3.8) is 0 Å². The first-order valence-electron chi connectivity index (χ1n) is 6.48. The molecule has 0 radical (unpaired) electrons. The molecule has 0 aromatic carbocycles. The van der Waals surface area contributed by atoms with Crippen molar-refractivity contribution in [2.24, 2.45) is 0 Å². The Morgan fingerprint density at radius 1 is 0.938 bits per heavy atom. The van der Waals surface area contributed by atoms with Gasteiger partial charge in [0, 0.05) is 0 Å². The molecule has 0 saturated carbocycles. The van der Waals surface area contributed by atoms with E-state index in [0.717, 1.165) is 12.8 Å². The molecule has 0 fully saturated rings. The Bertz CT molecular complexity index is 247. The largest absolute Gasteiger partial charge is 0.285 e. The lowest BCUT2D eigenvalue weighted by Crippen LogP contribution is -2.19. The van der Waals surface area contributed by atoms with Gasteiger partial charge in [-0.25, -0.2) is 0 Å². The highest BCUT2D eigenvalue weighted by Crippen LogP contribution is 2.15. The lowest BCUT2D eigenvalue weighted by atomic mass is 10.1. The molecule has 0 aromatic rings. The van der Waals surface area contributed by atoms with Gasteiger partial charge in [0.15, 0.2) is 0 Å². The van der Waals surface area contributed by atoms with E-state index in [9.17, 15) is 8.42 Å². The van der Waals surface area contributed by atoms with Crippen LogP contribution in [0.25, 0.3) is 0 Å². The maximum Gasteiger partial charge on any atom is 0.267 e. The minimum absolute atomic E-state index is 0.509. The molecule has 0 amide bonds. The zero-order valence-electron chi connectivity index (χ0n) is 10.6. The summed E-state index contributed by atoms with van der Waals surface area (Å²) in [5, 5.41) is -0.553. The first-order chi connectivity index (χ1) is 7.52. The lowest BCUT2D eigenvalue weighted by molar-refractivity contribution is 0.452. The third-order valence-electron chi connectivity index (χ3n) is 3.01. The van der Waals surface area contributed by atoms with E-state index in [1.807, 2.05) is 0 Å². The molecule has 1 atom stereocenters. The van der Waals surface area contributed by atoms with Crippen LogP contribution in [-0.2, 0) is 10.1 Å². The SMILES string of the molecule is CCCCCCCCCC(CC)S(=O)(=O)O. The average Bonchev–Trinajstić information content (AvgIpc) is 2.20. The van der Waals surface area contributed by atoms with Gasteiger partial charge >= 0.3 is 0 Å². The monoisotopic (exact) mass is 250 g/mol. The Morgan fingerprint density at radius 2 is 1.44 bits per heavy atom. The van der Waals surface area contributed by atoms with Crippen LogP contribution < -0.4 is 0 Å². The third-order valence-corrected chi connectivity index (χ3v) is 4.42. The normalized spacial score (nSPS) is 13.9. The van der Waals surface area contributed by atoms with E-state index in [-0.39, 0.29) is 0 Å². The maximum atomic E-state index is 10.9. The molecule has 0 aliphatic rings. The van der Waals surface area contributed by atoms with Gasteiger partial charge in [0.25, 0.3) is 10.1 Å². The summed E-state index contributed by atoms with van der Waals surface area (Å²) in [5.74, 6) is 0. The van der Waals surface area contributed by atoms with Crippen molar-refractivity contribution >= 4 is 10.1 Å². The van der Waals surface area contributed by atoms with Crippen LogP contribution in [0, 0.1) is 0 Å². The molecular formula is C12H26O3S. The van der Waals surface area contributed by atoms with Gasteiger partial charge in [0.05, 0.1) is 5.25 Å². The third kappa shape index (κ3) is 8.11. The van der Waals surface area contributed by atoms with E-state index in [2.05, 4.69) is 6.92 Å². The van der Waals surface area contributed by atoms with Gasteiger partial charge < -0.3 is 0 Å². The fraction of sp³-hybridized carbons (Fsp3) is 1.00. The molecule has 0 saturated heterocycles. The fourth-order valence-electron chi connectivity index (χ4n) is 1.89. The van der Waals surface area contributed by atoms with Crippen LogP contribution in [-0.4, -0.2) is 18.2 Å². The molecule has 3 nitrogen and oxygen atoms in total. The lowest BCUT2D eigenvalue weighted by Gasteiger charge is -2.10. The average molecular weight is 250 g/mol. The highest BCUT2D eigenvalue weighted by atomic mass is 32.2. The molecule has 0 aromatic heterocycles. The van der Waals surface area contributed by atoms with E-state index < -0.39 is 15.4 Å². The molecule has 0 rings (SSSR count). The molecule has 1 N–H and O–H groups in total. The molecular weight excluding hydrogens is 224 g/mol. The predicted molar refractivity (Wildman–Crippen MR) is 68.2 cm³/mol. The molecule has 1 unspecified atom stereocenters. The van der Waals surface area contributed by atoms with Gasteiger partial charge in [-0.05, 0) is 12.8 Å². The van der Waals surface area contributed by atoms with Gasteiger partial charge in [0.1, 0.15) is 0 Å². The Kier molecular flexibility index (Phi) is 8.94. The van der Waals surface area contributed by atoms with Gasteiger partial charge in [0.2, 0.25) is 0 Å². The summed E-state index contributed by atoms with van der Waals surface area (Å²) in [7, 11) is -3.82. The van der Waals surface area contributed by atoms with Crippen molar-refractivity contribution in [1.82, 2.24) is 0 Å². The van der Waals surface area contributed by atoms with Crippen molar-refractivity contribution in [2.45, 2.75) is 76.9 Å². The van der Waals surface area contributed by atoms with Crippen LogP contribution >= 0.6 is 0 Å². The highest BCUT2D eigenvalue weighted by molar-refractivity contribution is 7.86. The smallest absolute Gasteiger partial charge is 0.267 e. The first-order valence-corrected chi connectivity index (χ1v) is 7.99. The highest BCUT2D eigenvalue weighted by Gasteiger charge is 2.19. The first kappa shape index (κ1) is 15.9. The van der Waals surface area contributed by atoms with Crippen LogP contribution in [0.4, 0.5) is 0 Å². The number of hydrogen-bond donors (Lipinski definition) is 1. The van der Waals surface area contributed by atoms with E-state index in [1.54, 1.807) is 6.92 Å². The molecule has 0 aliphatic heterocycles. The predicted octanol–water partition coefficient (Wildman–Crippen LogP) is 3.79. The second-order valence-electron chi connectivity index (χ2n) is 4.46. The number of unbranched alkanes of at least 4 members (excludes halogenated alkanes) is 6. The quantitative estimate of drug-likeness (QED) is 0.474. The van der Waals surface area contributed by atoms with Gasteiger partial charge in [-0.1, -0.05) is 58.8 Å². The molecule has 16 heavy (non-hydrogen) atoms. The summed E-state index contributed by atoms with van der Waals surface area (Å²) in [5.41, 5.74) is 0. The number of hydrogen-bond acceptors (Lipinski definition) is 2. The molecule has 0 bridgehead atoms. The Balaban J connectivity index is 3.50. The summed E-state index contributed by atoms with van der Waals surface area (Å²) in [6.45, 7) is 4.00. The van der Waals surface area contributed by atoms with E-state index >= 15 is 0 Å². The van der Waals surface area contributed by atoms with Crippen LogP contribution in [0.3, 0.4) is 0 Å². The van der Waals surface area contributed by atoms with Gasteiger partial charge in [-0.15, -0.1) is 0 Å². The van der Waals surface area contributed by atoms with Crippen molar-refractivity contribution in [3.05, 3.63) is 0 Å². The van der Waals surface area contributed by atoms with Crippen molar-refractivity contribution < 1.29 is 13.0 Å². The molecule has 0 heterocycles. The van der Waals surface area contributed by atoms with Crippen LogP contribution in [0.15, 0.2) is 0 Å². The number of rotatable bonds is 10. The minimum Gasteiger partial charge on any atom is -0.285 e. The summed E-state index contributed by atoms with van der Waals surface area (Å²) in [4.78, 5) is 0. The second kappa shape index (κ2) is 8.99. The molecule has 0 aliphatic carbocycles. The summed E-state index contributed by atoms with van der Waals surface area (Å²) in [6, 6.07) is 0. The standard InChI is InChI=1S/C12H26O3S/c1-3-5-6-7-8-9-10-11-12(4-2)16(13,14)15/h12H,3-11H2,1-2H3,(H,13,14,15). The van der Waals surface area contributed by atoms with E-state index in [1.165, 1.54) is 32.1 Å². The summed E-state index contributed by atoms with van der Waals surface area (Å²) >= 11 is 0. The summed E-state index contributed by atoms with van der Waals surface area (Å²) in [6.07, 6.45) is 9.35. The fourth-order valence-corrected chi connectivity index (χ4v) is 2.78. The van der Waals surface area contributed by atoms with Crippen molar-refractivity contribution in [2.75, 3.05) is 0 Å². The Labute approximate surface area is 100 Å². The van der Waals surface area contributed by atoms with Crippen molar-refractivity contribution in [3.8, 4) is 0 Å². The molecule has 0 spiro atoms. The van der Waals surface area contributed by atoms with Crippen LogP contribution in [0.5, 0.6) is 0 Å². The van der Waals surface area contributed by atoms with E-state index in [4.69, 9.17) is 4.55 Å². The zero-order valence-corrected chi connectivity index (χ0v) is 11.4. The Hall–Kier alpha value is -0.0900. The van der Waals surface area contributed by atoms with Crippen molar-refractivity contribution in [1.29, 1.82) is 0 Å². The van der Waals surface area contributed by atoms with Crippen LogP contribution in [0.1, 0.15) is 71.6 Å². The maximum absolute atomic E-state index is 10.9. The van der Waals surface area contributed by atoms with E-state index in [0.29, 0.717) is 12.8 Å².